The van der Waals surface area contributed by atoms with E-state index in [-0.39, 0.29) is 18.6 Å². The van der Waals surface area contributed by atoms with Crippen LogP contribution >= 0.6 is 0 Å². The van der Waals surface area contributed by atoms with Gasteiger partial charge in [-0.15, -0.1) is 0 Å². The lowest BCUT2D eigenvalue weighted by Crippen LogP contribution is -2.46. The highest BCUT2D eigenvalue weighted by molar-refractivity contribution is 5.83. The molecule has 0 saturated carbocycles. The third-order valence-corrected chi connectivity index (χ3v) is 5.34. The molecule has 1 saturated heterocycles. The zero-order chi connectivity index (χ0) is 22.0. The number of carbonyl (C=O) groups excluding carboxylic acids is 1. The topological polar surface area (TPSA) is 103 Å². The fourth-order valence-electron chi connectivity index (χ4n) is 3.54. The summed E-state index contributed by atoms with van der Waals surface area (Å²) in [5.74, 6) is 0.432. The highest BCUT2D eigenvalue weighted by Crippen LogP contribution is 2.28. The Hall–Kier alpha value is -3.10. The van der Waals surface area contributed by atoms with Gasteiger partial charge in [0.25, 0.3) is 0 Å². The van der Waals surface area contributed by atoms with Gasteiger partial charge in [-0.05, 0) is 25.5 Å². The monoisotopic (exact) mass is 421 g/mol. The van der Waals surface area contributed by atoms with Gasteiger partial charge in [0.15, 0.2) is 5.52 Å². The van der Waals surface area contributed by atoms with Crippen molar-refractivity contribution in [3.8, 4) is 17.1 Å². The molecule has 1 aliphatic heterocycles. The number of fused-ring (bicyclic) bond motifs is 1. The molecule has 1 atom stereocenters. The van der Waals surface area contributed by atoms with Gasteiger partial charge in [-0.25, -0.2) is 9.97 Å². The molecule has 8 nitrogen and oxygen atoms in total. The van der Waals surface area contributed by atoms with Gasteiger partial charge in [-0.3, -0.25) is 9.78 Å². The zero-order valence-corrected chi connectivity index (χ0v) is 18.0. The number of carbonyl (C=O) groups is 1. The molecule has 0 aliphatic carbocycles. The molecule has 1 fully saturated rings. The number of benzene rings is 1. The predicted octanol–water partition coefficient (Wildman–Crippen LogP) is 2.51. The summed E-state index contributed by atoms with van der Waals surface area (Å²) in [7, 11) is 0. The summed E-state index contributed by atoms with van der Waals surface area (Å²) in [6, 6.07) is 9.89. The molecule has 0 bridgehead atoms. The van der Waals surface area contributed by atoms with Gasteiger partial charge in [-0.1, -0.05) is 24.3 Å². The number of amides is 1. The molecule has 3 aromatic rings. The number of nitrogens with zero attached hydrogens (tertiary/aromatic N) is 4. The SMILES string of the molecule is CC(=O)N1CCO[C@H](COc2nc(-c3ccc(C(C)(C)N)cc3)cc3nccnc23)C1. The van der Waals surface area contributed by atoms with Crippen LogP contribution in [0, 0.1) is 0 Å². The fourth-order valence-corrected chi connectivity index (χ4v) is 3.54. The Morgan fingerprint density at radius 3 is 2.71 bits per heavy atom. The molecular weight excluding hydrogens is 394 g/mol. The Kier molecular flexibility index (Phi) is 5.84. The smallest absolute Gasteiger partial charge is 0.242 e. The number of hydrogen-bond donors (Lipinski definition) is 1. The van der Waals surface area contributed by atoms with Crippen molar-refractivity contribution in [1.29, 1.82) is 0 Å². The Labute approximate surface area is 181 Å². The van der Waals surface area contributed by atoms with Crippen molar-refractivity contribution in [2.45, 2.75) is 32.4 Å². The van der Waals surface area contributed by atoms with Crippen LogP contribution < -0.4 is 10.5 Å². The number of aromatic nitrogens is 3. The number of hydrogen-bond acceptors (Lipinski definition) is 7. The minimum atomic E-state index is -0.414. The minimum Gasteiger partial charge on any atom is -0.473 e. The Morgan fingerprint density at radius 1 is 1.26 bits per heavy atom. The van der Waals surface area contributed by atoms with E-state index in [1.165, 1.54) is 0 Å². The van der Waals surface area contributed by atoms with Crippen LogP contribution in [0.5, 0.6) is 5.88 Å². The average Bonchev–Trinajstić information content (AvgIpc) is 2.77. The van der Waals surface area contributed by atoms with Crippen LogP contribution in [0.1, 0.15) is 26.3 Å². The third kappa shape index (κ3) is 4.81. The van der Waals surface area contributed by atoms with Crippen LogP contribution in [-0.2, 0) is 15.1 Å². The first-order chi connectivity index (χ1) is 14.8. The maximum absolute atomic E-state index is 11.7. The van der Waals surface area contributed by atoms with Gasteiger partial charge in [-0.2, -0.15) is 0 Å². The van der Waals surface area contributed by atoms with Crippen molar-refractivity contribution in [2.24, 2.45) is 5.73 Å². The Balaban J connectivity index is 1.60. The predicted molar refractivity (Wildman–Crippen MR) is 117 cm³/mol. The standard InChI is InChI=1S/C23H27N5O3/c1-15(29)28-10-11-30-18(13-28)14-31-22-21-20(25-8-9-26-21)12-19(27-22)16-4-6-17(7-5-16)23(2,3)24/h4-9,12,18H,10-11,13-14,24H2,1-3H3/t18-/m0/s1. The van der Waals surface area contributed by atoms with E-state index in [0.29, 0.717) is 36.6 Å². The van der Waals surface area contributed by atoms with E-state index in [0.717, 1.165) is 16.8 Å². The fraction of sp³-hybridized carbons (Fsp3) is 0.391. The molecule has 162 valence electrons. The molecule has 31 heavy (non-hydrogen) atoms. The van der Waals surface area contributed by atoms with Crippen LogP contribution in [0.2, 0.25) is 0 Å². The summed E-state index contributed by atoms with van der Waals surface area (Å²) in [5.41, 5.74) is 9.77. The number of rotatable bonds is 5. The molecule has 0 spiro atoms. The van der Waals surface area contributed by atoms with E-state index < -0.39 is 5.54 Å². The van der Waals surface area contributed by atoms with Crippen molar-refractivity contribution in [2.75, 3.05) is 26.3 Å². The highest BCUT2D eigenvalue weighted by atomic mass is 16.5. The molecule has 8 heteroatoms. The summed E-state index contributed by atoms with van der Waals surface area (Å²) in [6.07, 6.45) is 3.04. The van der Waals surface area contributed by atoms with Gasteiger partial charge < -0.3 is 20.1 Å². The maximum Gasteiger partial charge on any atom is 0.242 e. The van der Waals surface area contributed by atoms with E-state index in [2.05, 4.69) is 9.97 Å². The lowest BCUT2D eigenvalue weighted by Gasteiger charge is -2.32. The molecular formula is C23H27N5O3. The van der Waals surface area contributed by atoms with Crippen molar-refractivity contribution in [1.82, 2.24) is 19.9 Å². The molecule has 1 amide bonds. The van der Waals surface area contributed by atoms with Crippen molar-refractivity contribution >= 4 is 16.9 Å². The lowest BCUT2D eigenvalue weighted by molar-refractivity contribution is -0.137. The first-order valence-corrected chi connectivity index (χ1v) is 10.3. The summed E-state index contributed by atoms with van der Waals surface area (Å²) in [6.45, 7) is 7.36. The zero-order valence-electron chi connectivity index (χ0n) is 18.0. The third-order valence-electron chi connectivity index (χ3n) is 5.34. The van der Waals surface area contributed by atoms with Crippen LogP contribution in [0.15, 0.2) is 42.7 Å². The van der Waals surface area contributed by atoms with Gasteiger partial charge in [0, 0.05) is 37.0 Å². The number of pyridine rings is 1. The molecule has 4 rings (SSSR count). The Morgan fingerprint density at radius 2 is 2.00 bits per heavy atom. The lowest BCUT2D eigenvalue weighted by atomic mass is 9.94. The van der Waals surface area contributed by atoms with Gasteiger partial charge in [0.1, 0.15) is 12.7 Å². The van der Waals surface area contributed by atoms with Crippen LogP contribution in [0.3, 0.4) is 0 Å². The summed E-state index contributed by atoms with van der Waals surface area (Å²) >= 11 is 0. The first-order valence-electron chi connectivity index (χ1n) is 10.3. The van der Waals surface area contributed by atoms with Gasteiger partial charge >= 0.3 is 0 Å². The molecule has 1 aliphatic rings. The molecule has 2 aromatic heterocycles. The summed E-state index contributed by atoms with van der Waals surface area (Å²) in [5, 5.41) is 0. The average molecular weight is 422 g/mol. The van der Waals surface area contributed by atoms with Crippen molar-refractivity contribution < 1.29 is 14.3 Å². The van der Waals surface area contributed by atoms with Crippen LogP contribution in [-0.4, -0.2) is 58.2 Å². The summed E-state index contributed by atoms with van der Waals surface area (Å²) < 4.78 is 11.8. The highest BCUT2D eigenvalue weighted by Gasteiger charge is 2.23. The van der Waals surface area contributed by atoms with Gasteiger partial charge in [0.05, 0.1) is 24.4 Å². The minimum absolute atomic E-state index is 0.0360. The second kappa shape index (κ2) is 8.56. The van der Waals surface area contributed by atoms with Crippen LogP contribution in [0.4, 0.5) is 0 Å². The molecule has 0 radical (unpaired) electrons. The quantitative estimate of drug-likeness (QED) is 0.675. The second-order valence-corrected chi connectivity index (χ2v) is 8.30. The number of morpholine rings is 1. The van der Waals surface area contributed by atoms with E-state index >= 15 is 0 Å². The normalized spacial score (nSPS) is 17.0. The van der Waals surface area contributed by atoms with E-state index in [9.17, 15) is 4.79 Å². The first kappa shape index (κ1) is 21.1. The van der Waals surface area contributed by atoms with E-state index in [4.69, 9.17) is 20.2 Å². The summed E-state index contributed by atoms with van der Waals surface area (Å²) in [4.78, 5) is 27.0. The molecule has 3 heterocycles. The van der Waals surface area contributed by atoms with E-state index in [1.807, 2.05) is 44.2 Å². The Bertz CT molecular complexity index is 1080. The van der Waals surface area contributed by atoms with Crippen molar-refractivity contribution in [3.05, 3.63) is 48.3 Å². The van der Waals surface area contributed by atoms with Gasteiger partial charge in [0.2, 0.25) is 11.8 Å². The second-order valence-electron chi connectivity index (χ2n) is 8.30. The maximum atomic E-state index is 11.7. The van der Waals surface area contributed by atoms with E-state index in [1.54, 1.807) is 24.2 Å². The van der Waals surface area contributed by atoms with Crippen LogP contribution in [0.25, 0.3) is 22.3 Å². The number of ether oxygens (including phenoxy) is 2. The molecule has 2 N–H and O–H groups in total. The largest absolute Gasteiger partial charge is 0.473 e. The molecule has 1 aromatic carbocycles. The number of nitrogens with two attached hydrogens (primary N) is 1. The van der Waals surface area contributed by atoms with Crippen molar-refractivity contribution in [3.63, 3.8) is 0 Å². The molecule has 0 unspecified atom stereocenters.